The molecule has 3 heterocycles. The Morgan fingerprint density at radius 2 is 1.88 bits per heavy atom. The first-order valence-electron chi connectivity index (χ1n) is 12.5. The van der Waals surface area contributed by atoms with Crippen molar-refractivity contribution < 1.29 is 4.79 Å². The number of rotatable bonds is 8. The number of hydrogen-bond donors (Lipinski definition) is 1. The Morgan fingerprint density at radius 1 is 1.12 bits per heavy atom. The number of nitrogens with zero attached hydrogens (tertiary/aromatic N) is 7. The number of azide groups is 1. The molecule has 10 heteroatoms. The number of carbonyl (C=O) groups is 1. The van der Waals surface area contributed by atoms with Crippen molar-refractivity contribution in [2.75, 3.05) is 36.4 Å². The molecule has 1 aromatic rings. The molecule has 3 aliphatic rings. The molecule has 9 nitrogen and oxygen atoms in total. The summed E-state index contributed by atoms with van der Waals surface area (Å²) >= 11 is 6.41. The standard InChI is InChI=1S/C23H35ClN8O/c24-21-16-22(31-13-3-1-2-4-14-31)29-23(28-21)27-19-11-15-32(17-7-9-18(33)10-8-17)20(19)6-5-12-26-30-25/h16-17,19-20H,1-15H2,(H,27,28,29)/t19-,20+/m0/s1. The third-order valence-electron chi connectivity index (χ3n) is 7.32. The van der Waals surface area contributed by atoms with Gasteiger partial charge in [-0.25, -0.2) is 4.98 Å². The van der Waals surface area contributed by atoms with Crippen LogP contribution >= 0.6 is 11.6 Å². The van der Waals surface area contributed by atoms with Crippen LogP contribution in [0, 0.1) is 0 Å². The lowest BCUT2D eigenvalue weighted by Crippen LogP contribution is -2.46. The molecular weight excluding hydrogens is 440 g/mol. The molecule has 2 saturated heterocycles. The van der Waals surface area contributed by atoms with Crippen LogP contribution in [0.2, 0.25) is 5.15 Å². The maximum absolute atomic E-state index is 11.8. The summed E-state index contributed by atoms with van der Waals surface area (Å²) in [5, 5.41) is 7.79. The second kappa shape index (κ2) is 11.9. The zero-order valence-electron chi connectivity index (χ0n) is 19.3. The quantitative estimate of drug-likeness (QED) is 0.187. The van der Waals surface area contributed by atoms with E-state index in [-0.39, 0.29) is 6.04 Å². The van der Waals surface area contributed by atoms with Crippen molar-refractivity contribution in [2.24, 2.45) is 5.11 Å². The maximum atomic E-state index is 11.8. The molecule has 0 amide bonds. The van der Waals surface area contributed by atoms with E-state index >= 15 is 0 Å². The number of carbonyl (C=O) groups excluding carboxylic acids is 1. The van der Waals surface area contributed by atoms with E-state index in [1.165, 1.54) is 25.7 Å². The van der Waals surface area contributed by atoms with Crippen LogP contribution in [-0.2, 0) is 4.79 Å². The average molecular weight is 475 g/mol. The molecule has 0 spiro atoms. The zero-order valence-corrected chi connectivity index (χ0v) is 20.1. The van der Waals surface area contributed by atoms with E-state index < -0.39 is 0 Å². The van der Waals surface area contributed by atoms with Crippen LogP contribution < -0.4 is 10.2 Å². The van der Waals surface area contributed by atoms with Gasteiger partial charge in [-0.3, -0.25) is 9.69 Å². The molecule has 4 rings (SSSR count). The molecule has 0 unspecified atom stereocenters. The van der Waals surface area contributed by atoms with E-state index in [4.69, 9.17) is 22.1 Å². The fourth-order valence-corrected chi connectivity index (χ4v) is 5.81. The van der Waals surface area contributed by atoms with Crippen LogP contribution in [0.25, 0.3) is 10.4 Å². The fourth-order valence-electron chi connectivity index (χ4n) is 5.64. The molecule has 0 radical (unpaired) electrons. The first kappa shape index (κ1) is 24.0. The predicted octanol–water partition coefficient (Wildman–Crippen LogP) is 4.97. The first-order chi connectivity index (χ1) is 16.1. The Morgan fingerprint density at radius 3 is 2.61 bits per heavy atom. The Bertz CT molecular complexity index is 843. The highest BCUT2D eigenvalue weighted by Crippen LogP contribution is 2.32. The largest absolute Gasteiger partial charge is 0.356 e. The van der Waals surface area contributed by atoms with Crippen molar-refractivity contribution in [1.29, 1.82) is 0 Å². The van der Waals surface area contributed by atoms with Crippen molar-refractivity contribution in [3.63, 3.8) is 0 Å². The molecule has 2 aliphatic heterocycles. The van der Waals surface area contributed by atoms with Gasteiger partial charge in [0.15, 0.2) is 0 Å². The number of ketones is 1. The van der Waals surface area contributed by atoms with Crippen LogP contribution in [0.5, 0.6) is 0 Å². The van der Waals surface area contributed by atoms with Crippen molar-refractivity contribution in [1.82, 2.24) is 14.9 Å². The Hall–Kier alpha value is -2.09. The van der Waals surface area contributed by atoms with E-state index in [2.05, 4.69) is 30.1 Å². The average Bonchev–Trinajstić information content (AvgIpc) is 3.01. The molecular formula is C23H35ClN8O. The van der Waals surface area contributed by atoms with Gasteiger partial charge in [0.25, 0.3) is 0 Å². The molecule has 1 aromatic heterocycles. The third kappa shape index (κ3) is 6.49. The summed E-state index contributed by atoms with van der Waals surface area (Å²) < 4.78 is 0. The van der Waals surface area contributed by atoms with Gasteiger partial charge in [0, 0.05) is 68.1 Å². The Labute approximate surface area is 200 Å². The van der Waals surface area contributed by atoms with E-state index in [0.717, 1.165) is 57.6 Å². The molecule has 180 valence electrons. The van der Waals surface area contributed by atoms with Gasteiger partial charge in [0.1, 0.15) is 16.8 Å². The highest BCUT2D eigenvalue weighted by Gasteiger charge is 2.39. The van der Waals surface area contributed by atoms with E-state index in [0.29, 0.717) is 48.4 Å². The predicted molar refractivity (Wildman–Crippen MR) is 131 cm³/mol. The summed E-state index contributed by atoms with van der Waals surface area (Å²) in [6.45, 7) is 3.50. The second-order valence-electron chi connectivity index (χ2n) is 9.48. The van der Waals surface area contributed by atoms with Crippen LogP contribution in [0.3, 0.4) is 0 Å². The van der Waals surface area contributed by atoms with Crippen molar-refractivity contribution >= 4 is 29.2 Å². The van der Waals surface area contributed by atoms with Crippen LogP contribution in [0.15, 0.2) is 11.2 Å². The summed E-state index contributed by atoms with van der Waals surface area (Å²) in [6.07, 6.45) is 10.9. The van der Waals surface area contributed by atoms with Gasteiger partial charge in [-0.15, -0.1) is 0 Å². The molecule has 1 N–H and O–H groups in total. The van der Waals surface area contributed by atoms with Crippen molar-refractivity contribution in [2.45, 2.75) is 88.8 Å². The summed E-state index contributed by atoms with van der Waals surface area (Å²) in [7, 11) is 0. The van der Waals surface area contributed by atoms with Gasteiger partial charge in [-0.05, 0) is 50.5 Å². The minimum atomic E-state index is 0.198. The summed E-state index contributed by atoms with van der Waals surface area (Å²) in [5.41, 5.74) is 8.63. The minimum absolute atomic E-state index is 0.198. The number of anilines is 2. The van der Waals surface area contributed by atoms with Gasteiger partial charge in [0.2, 0.25) is 5.95 Å². The lowest BCUT2D eigenvalue weighted by atomic mass is 9.92. The zero-order chi connectivity index (χ0) is 23.0. The lowest BCUT2D eigenvalue weighted by Gasteiger charge is -2.37. The molecule has 0 aromatic carbocycles. The minimum Gasteiger partial charge on any atom is -0.356 e. The summed E-state index contributed by atoms with van der Waals surface area (Å²) in [6, 6.07) is 2.80. The first-order valence-corrected chi connectivity index (χ1v) is 12.9. The summed E-state index contributed by atoms with van der Waals surface area (Å²) in [5.74, 6) is 1.88. The van der Waals surface area contributed by atoms with E-state index in [1.54, 1.807) is 0 Å². The van der Waals surface area contributed by atoms with Gasteiger partial charge in [-0.1, -0.05) is 29.6 Å². The number of likely N-dealkylation sites (tertiary alicyclic amines) is 1. The maximum Gasteiger partial charge on any atom is 0.226 e. The smallest absolute Gasteiger partial charge is 0.226 e. The molecule has 2 atom stereocenters. The van der Waals surface area contributed by atoms with Gasteiger partial charge in [0.05, 0.1) is 0 Å². The van der Waals surface area contributed by atoms with Gasteiger partial charge >= 0.3 is 0 Å². The number of aromatic nitrogens is 2. The highest BCUT2D eigenvalue weighted by molar-refractivity contribution is 6.29. The number of Topliss-reactive ketones (excluding diaryl/α,β-unsaturated/α-hetero) is 1. The van der Waals surface area contributed by atoms with Crippen LogP contribution in [0.4, 0.5) is 11.8 Å². The lowest BCUT2D eigenvalue weighted by molar-refractivity contribution is -0.121. The number of halogens is 1. The van der Waals surface area contributed by atoms with Crippen LogP contribution in [-0.4, -0.2) is 65.0 Å². The normalized spacial score (nSPS) is 25.0. The van der Waals surface area contributed by atoms with Crippen LogP contribution in [0.1, 0.15) is 70.6 Å². The van der Waals surface area contributed by atoms with Gasteiger partial charge in [-0.2, -0.15) is 4.98 Å². The highest BCUT2D eigenvalue weighted by atomic mass is 35.5. The SMILES string of the molecule is [N-]=[N+]=NCCC[C@@H]1[C@@H](Nc2nc(Cl)cc(N3CCCCCC3)n2)CCN1C1CCC(=O)CC1. The monoisotopic (exact) mass is 474 g/mol. The molecule has 33 heavy (non-hydrogen) atoms. The third-order valence-corrected chi connectivity index (χ3v) is 7.51. The Balaban J connectivity index is 1.47. The number of hydrogen-bond acceptors (Lipinski definition) is 7. The van der Waals surface area contributed by atoms with Crippen molar-refractivity contribution in [3.05, 3.63) is 21.7 Å². The number of nitrogens with one attached hydrogen (secondary N) is 1. The van der Waals surface area contributed by atoms with Crippen molar-refractivity contribution in [3.8, 4) is 0 Å². The van der Waals surface area contributed by atoms with E-state index in [9.17, 15) is 4.79 Å². The topological polar surface area (TPSA) is 110 Å². The molecule has 1 aliphatic carbocycles. The second-order valence-corrected chi connectivity index (χ2v) is 9.87. The molecule has 0 bridgehead atoms. The molecule has 3 fully saturated rings. The summed E-state index contributed by atoms with van der Waals surface area (Å²) in [4.78, 5) is 28.9. The Kier molecular flexibility index (Phi) is 8.64. The molecule has 1 saturated carbocycles. The fraction of sp³-hybridized carbons (Fsp3) is 0.783. The van der Waals surface area contributed by atoms with Gasteiger partial charge < -0.3 is 10.2 Å². The van der Waals surface area contributed by atoms with E-state index in [1.807, 2.05) is 6.07 Å².